The zero-order valence-corrected chi connectivity index (χ0v) is 18.6. The number of rotatable bonds is 4. The van der Waals surface area contributed by atoms with Gasteiger partial charge in [0.05, 0.1) is 17.3 Å². The number of carbonyl (C=O) groups is 2. The number of likely N-dealkylation sites (tertiary alicyclic amines) is 1. The molecule has 3 aromatic rings. The average molecular weight is 496 g/mol. The van der Waals surface area contributed by atoms with Crippen molar-refractivity contribution in [3.63, 3.8) is 0 Å². The molecule has 0 aliphatic carbocycles. The molecule has 1 aliphatic rings. The van der Waals surface area contributed by atoms with Crippen LogP contribution >= 0.6 is 38.6 Å². The second kappa shape index (κ2) is 7.92. The fraction of sp³-hybridized carbons (Fsp3) is 0.316. The topological polar surface area (TPSA) is 103 Å². The van der Waals surface area contributed by atoms with Crippen molar-refractivity contribution in [2.45, 2.75) is 19.4 Å². The lowest BCUT2D eigenvalue weighted by atomic mass is 10.1. The highest BCUT2D eigenvalue weighted by Crippen LogP contribution is 2.37. The first-order chi connectivity index (χ1) is 13.8. The lowest BCUT2D eigenvalue weighted by Gasteiger charge is -2.17. The molecule has 1 aromatic carbocycles. The molecule has 0 radical (unpaired) electrons. The van der Waals surface area contributed by atoms with Gasteiger partial charge in [-0.05, 0) is 27.9 Å². The Balaban J connectivity index is 1.44. The SMILES string of the molecule is CC1CN(C(=O)c2sc3ccccc3c2Br)CC1NC(=O)Cc1sc(=O)[nH]c1O. The van der Waals surface area contributed by atoms with Crippen molar-refractivity contribution in [2.24, 2.45) is 5.92 Å². The quantitative estimate of drug-likeness (QED) is 0.517. The Hall–Kier alpha value is -2.17. The number of hydrogen-bond donors (Lipinski definition) is 3. The van der Waals surface area contributed by atoms with Crippen LogP contribution in [0.3, 0.4) is 0 Å². The Labute approximate surface area is 182 Å². The van der Waals surface area contributed by atoms with Gasteiger partial charge in [0.25, 0.3) is 5.91 Å². The number of fused-ring (bicyclic) bond motifs is 1. The first-order valence-corrected chi connectivity index (χ1v) is 11.4. The van der Waals surface area contributed by atoms with Gasteiger partial charge in [-0.1, -0.05) is 36.5 Å². The summed E-state index contributed by atoms with van der Waals surface area (Å²) in [4.78, 5) is 41.3. The largest absolute Gasteiger partial charge is 0.494 e. The third kappa shape index (κ3) is 3.96. The van der Waals surface area contributed by atoms with Crippen LogP contribution in [0, 0.1) is 5.92 Å². The van der Waals surface area contributed by atoms with E-state index in [9.17, 15) is 19.5 Å². The lowest BCUT2D eigenvalue weighted by molar-refractivity contribution is -0.121. The monoisotopic (exact) mass is 495 g/mol. The Morgan fingerprint density at radius 3 is 2.76 bits per heavy atom. The second-order valence-electron chi connectivity index (χ2n) is 7.07. The zero-order valence-electron chi connectivity index (χ0n) is 15.4. The van der Waals surface area contributed by atoms with Gasteiger partial charge in [-0.3, -0.25) is 19.4 Å². The summed E-state index contributed by atoms with van der Waals surface area (Å²) >= 11 is 5.83. The highest BCUT2D eigenvalue weighted by Gasteiger charge is 2.35. The lowest BCUT2D eigenvalue weighted by Crippen LogP contribution is -2.41. The van der Waals surface area contributed by atoms with Crippen molar-refractivity contribution in [1.82, 2.24) is 15.2 Å². The maximum atomic E-state index is 13.1. The smallest absolute Gasteiger partial charge is 0.307 e. The van der Waals surface area contributed by atoms with E-state index in [4.69, 9.17) is 0 Å². The molecule has 2 aromatic heterocycles. The van der Waals surface area contributed by atoms with Crippen molar-refractivity contribution in [3.8, 4) is 5.88 Å². The predicted molar refractivity (Wildman–Crippen MR) is 117 cm³/mol. The molecule has 0 saturated carbocycles. The zero-order chi connectivity index (χ0) is 20.7. The van der Waals surface area contributed by atoms with Gasteiger partial charge in [0.15, 0.2) is 0 Å². The maximum Gasteiger partial charge on any atom is 0.307 e. The molecule has 152 valence electrons. The Bertz CT molecular complexity index is 1150. The summed E-state index contributed by atoms with van der Waals surface area (Å²) in [6.45, 7) is 2.96. The summed E-state index contributed by atoms with van der Waals surface area (Å²) in [6.07, 6.45) is -0.0751. The van der Waals surface area contributed by atoms with Gasteiger partial charge in [-0.15, -0.1) is 11.3 Å². The van der Waals surface area contributed by atoms with Crippen LogP contribution in [0.2, 0.25) is 0 Å². The van der Waals surface area contributed by atoms with Crippen LogP contribution in [-0.4, -0.2) is 45.9 Å². The van der Waals surface area contributed by atoms with Gasteiger partial charge in [-0.2, -0.15) is 0 Å². The third-order valence-corrected chi connectivity index (χ3v) is 8.11. The number of nitrogens with one attached hydrogen (secondary N) is 2. The van der Waals surface area contributed by atoms with E-state index in [1.54, 1.807) is 4.90 Å². The molecule has 0 spiro atoms. The van der Waals surface area contributed by atoms with Crippen molar-refractivity contribution in [3.05, 3.63) is 48.2 Å². The van der Waals surface area contributed by atoms with E-state index in [0.29, 0.717) is 22.8 Å². The second-order valence-corrected chi connectivity index (χ2v) is 9.98. The number of amides is 2. The average Bonchev–Trinajstić information content (AvgIpc) is 3.31. The molecule has 1 fully saturated rings. The van der Waals surface area contributed by atoms with E-state index in [1.807, 2.05) is 31.2 Å². The molecule has 3 N–H and O–H groups in total. The summed E-state index contributed by atoms with van der Waals surface area (Å²) in [5.74, 6) is -0.511. The number of nitrogens with zero attached hydrogens (tertiary/aromatic N) is 1. The Kier molecular flexibility index (Phi) is 5.50. The Morgan fingerprint density at radius 1 is 1.31 bits per heavy atom. The van der Waals surface area contributed by atoms with Crippen molar-refractivity contribution >= 4 is 60.5 Å². The van der Waals surface area contributed by atoms with Gasteiger partial charge in [0, 0.05) is 27.6 Å². The molecule has 2 amide bonds. The van der Waals surface area contributed by atoms with E-state index in [1.165, 1.54) is 11.3 Å². The summed E-state index contributed by atoms with van der Waals surface area (Å²) in [5, 5.41) is 13.6. The number of thiophene rings is 1. The molecule has 1 aliphatic heterocycles. The summed E-state index contributed by atoms with van der Waals surface area (Å²) in [7, 11) is 0. The molecule has 3 heterocycles. The Morgan fingerprint density at radius 2 is 2.07 bits per heavy atom. The van der Waals surface area contributed by atoms with Crippen LogP contribution < -0.4 is 10.2 Å². The van der Waals surface area contributed by atoms with Crippen molar-refractivity contribution in [2.75, 3.05) is 13.1 Å². The van der Waals surface area contributed by atoms with E-state index in [2.05, 4.69) is 26.2 Å². The van der Waals surface area contributed by atoms with Gasteiger partial charge >= 0.3 is 4.87 Å². The first kappa shape index (κ1) is 20.1. The summed E-state index contributed by atoms with van der Waals surface area (Å²) < 4.78 is 1.85. The molecule has 10 heteroatoms. The van der Waals surface area contributed by atoms with Crippen LogP contribution in [0.1, 0.15) is 21.5 Å². The van der Waals surface area contributed by atoms with Gasteiger partial charge in [0.1, 0.15) is 4.88 Å². The van der Waals surface area contributed by atoms with Crippen LogP contribution in [0.4, 0.5) is 0 Å². The minimum Gasteiger partial charge on any atom is -0.494 e. The normalized spacial score (nSPS) is 19.0. The highest BCUT2D eigenvalue weighted by molar-refractivity contribution is 9.10. The minimum absolute atomic E-state index is 0.0526. The number of aromatic amines is 1. The summed E-state index contributed by atoms with van der Waals surface area (Å²) in [6, 6.07) is 7.67. The van der Waals surface area contributed by atoms with Crippen molar-refractivity contribution in [1.29, 1.82) is 0 Å². The number of carbonyl (C=O) groups excluding carboxylic acids is 2. The number of H-pyrrole nitrogens is 1. The number of halogens is 1. The first-order valence-electron chi connectivity index (χ1n) is 9.00. The van der Waals surface area contributed by atoms with Crippen molar-refractivity contribution < 1.29 is 14.7 Å². The van der Waals surface area contributed by atoms with Crippen LogP contribution in [0.25, 0.3) is 10.1 Å². The molecular weight excluding hydrogens is 478 g/mol. The van der Waals surface area contributed by atoms with Gasteiger partial charge < -0.3 is 15.3 Å². The molecule has 29 heavy (non-hydrogen) atoms. The maximum absolute atomic E-state index is 13.1. The van der Waals surface area contributed by atoms with Crippen LogP contribution in [0.15, 0.2) is 33.5 Å². The number of hydrogen-bond acceptors (Lipinski definition) is 6. The number of benzene rings is 1. The molecule has 2 unspecified atom stereocenters. The van der Waals surface area contributed by atoms with Gasteiger partial charge in [0.2, 0.25) is 11.8 Å². The summed E-state index contributed by atoms with van der Waals surface area (Å²) in [5.41, 5.74) is 0. The fourth-order valence-electron chi connectivity index (χ4n) is 3.49. The fourth-order valence-corrected chi connectivity index (χ4v) is 6.17. The molecule has 2 atom stereocenters. The molecule has 4 rings (SSSR count). The third-order valence-electron chi connectivity index (χ3n) is 5.00. The molecular formula is C19H18BrN3O4S2. The predicted octanol–water partition coefficient (Wildman–Crippen LogP) is 2.94. The van der Waals surface area contributed by atoms with E-state index in [0.717, 1.165) is 25.9 Å². The molecule has 1 saturated heterocycles. The number of aromatic hydroxyl groups is 1. The molecule has 0 bridgehead atoms. The standard InChI is InChI=1S/C19H18BrN3O4S2/c1-9-7-23(18(26)16-15(20)10-4-2-3-5-12(10)28-16)8-11(9)21-14(24)6-13-17(25)22-19(27)29-13/h2-5,9,11,25H,6-8H2,1H3,(H,21,24)(H,22,27). The number of thiazole rings is 1. The number of aromatic nitrogens is 1. The minimum atomic E-state index is -0.398. The van der Waals surface area contributed by atoms with E-state index < -0.39 is 4.87 Å². The van der Waals surface area contributed by atoms with Crippen LogP contribution in [-0.2, 0) is 11.2 Å². The van der Waals surface area contributed by atoms with E-state index in [-0.39, 0.29) is 36.1 Å². The van der Waals surface area contributed by atoms with Gasteiger partial charge in [-0.25, -0.2) is 0 Å². The van der Waals surface area contributed by atoms with Crippen LogP contribution in [0.5, 0.6) is 5.88 Å². The molecule has 7 nitrogen and oxygen atoms in total. The highest BCUT2D eigenvalue weighted by atomic mass is 79.9. The van der Waals surface area contributed by atoms with E-state index >= 15 is 0 Å².